The van der Waals surface area contributed by atoms with Crippen molar-refractivity contribution in [2.24, 2.45) is 0 Å². The van der Waals surface area contributed by atoms with Crippen LogP contribution in [0, 0.1) is 0 Å². The van der Waals surface area contributed by atoms with Gasteiger partial charge in [0.2, 0.25) is 0 Å². The number of fused-ring (bicyclic) bond motifs is 1. The van der Waals surface area contributed by atoms with E-state index in [1.165, 1.54) is 54.6 Å². The Hall–Kier alpha value is -4.98. The first-order valence-corrected chi connectivity index (χ1v) is 11.0. The molecule has 0 saturated heterocycles. The summed E-state index contributed by atoms with van der Waals surface area (Å²) in [6.45, 7) is 0. The molecule has 0 spiro atoms. The molecule has 0 saturated carbocycles. The van der Waals surface area contributed by atoms with Gasteiger partial charge in [0, 0.05) is 29.3 Å². The molecule has 4 aromatic carbocycles. The van der Waals surface area contributed by atoms with E-state index in [9.17, 15) is 35.7 Å². The molecule has 182 valence electrons. The van der Waals surface area contributed by atoms with E-state index in [0.29, 0.717) is 33.6 Å². The van der Waals surface area contributed by atoms with Crippen LogP contribution < -0.4 is 4.74 Å². The van der Waals surface area contributed by atoms with E-state index in [1.54, 1.807) is 24.3 Å². The van der Waals surface area contributed by atoms with Crippen molar-refractivity contribution in [3.05, 3.63) is 94.5 Å². The molecule has 0 aliphatic carbocycles. The molecule has 5 rings (SSSR count). The maximum atomic E-state index is 10.7. The normalized spacial score (nSPS) is 16.7. The highest BCUT2D eigenvalue weighted by molar-refractivity contribution is 5.75. The number of phenolic OH excluding ortho intramolecular Hbond substituents is 7. The van der Waals surface area contributed by atoms with Crippen molar-refractivity contribution in [2.75, 3.05) is 0 Å². The van der Waals surface area contributed by atoms with Crippen LogP contribution in [0.25, 0.3) is 12.2 Å². The Morgan fingerprint density at radius 3 is 1.83 bits per heavy atom. The van der Waals surface area contributed by atoms with E-state index in [2.05, 4.69) is 0 Å². The van der Waals surface area contributed by atoms with Gasteiger partial charge in [0.25, 0.3) is 0 Å². The van der Waals surface area contributed by atoms with Crippen molar-refractivity contribution >= 4 is 12.2 Å². The zero-order chi connectivity index (χ0) is 25.6. The Labute approximate surface area is 205 Å². The Morgan fingerprint density at radius 1 is 0.556 bits per heavy atom. The zero-order valence-electron chi connectivity index (χ0n) is 18.7. The molecule has 8 heteroatoms. The summed E-state index contributed by atoms with van der Waals surface area (Å²) in [6.07, 6.45) is 2.51. The Bertz CT molecular complexity index is 1470. The molecule has 0 fully saturated rings. The van der Waals surface area contributed by atoms with Gasteiger partial charge in [0.1, 0.15) is 40.6 Å². The van der Waals surface area contributed by atoms with Gasteiger partial charge in [-0.1, -0.05) is 18.2 Å². The van der Waals surface area contributed by atoms with Crippen molar-refractivity contribution in [1.82, 2.24) is 0 Å². The van der Waals surface area contributed by atoms with Gasteiger partial charge < -0.3 is 40.5 Å². The molecule has 0 bridgehead atoms. The summed E-state index contributed by atoms with van der Waals surface area (Å²) < 4.78 is 6.16. The number of hydrogen-bond donors (Lipinski definition) is 7. The third-order valence-electron chi connectivity index (χ3n) is 6.04. The van der Waals surface area contributed by atoms with Gasteiger partial charge in [-0.25, -0.2) is 0 Å². The van der Waals surface area contributed by atoms with Crippen LogP contribution in [-0.2, 0) is 0 Å². The lowest BCUT2D eigenvalue weighted by atomic mass is 9.84. The molecule has 8 nitrogen and oxygen atoms in total. The van der Waals surface area contributed by atoms with Crippen LogP contribution >= 0.6 is 0 Å². The van der Waals surface area contributed by atoms with Gasteiger partial charge in [-0.15, -0.1) is 0 Å². The second-order valence-corrected chi connectivity index (χ2v) is 8.61. The molecule has 0 unspecified atom stereocenters. The molecule has 36 heavy (non-hydrogen) atoms. The Morgan fingerprint density at radius 2 is 1.19 bits per heavy atom. The van der Waals surface area contributed by atoms with Crippen LogP contribution in [0.15, 0.2) is 66.7 Å². The van der Waals surface area contributed by atoms with E-state index in [1.807, 2.05) is 0 Å². The molecule has 0 aromatic heterocycles. The number of ether oxygens (including phenoxy) is 1. The first kappa shape index (κ1) is 22.8. The highest BCUT2D eigenvalue weighted by atomic mass is 16.5. The molecule has 7 N–H and O–H groups in total. The second kappa shape index (κ2) is 8.66. The lowest BCUT2D eigenvalue weighted by Gasteiger charge is -2.21. The maximum absolute atomic E-state index is 10.7. The molecule has 2 atom stereocenters. The zero-order valence-corrected chi connectivity index (χ0v) is 18.7. The fourth-order valence-corrected chi connectivity index (χ4v) is 4.48. The summed E-state index contributed by atoms with van der Waals surface area (Å²) in [5.74, 6) is -1.39. The minimum Gasteiger partial charge on any atom is -0.508 e. The topological polar surface area (TPSA) is 151 Å². The maximum Gasteiger partial charge on any atom is 0.157 e. The van der Waals surface area contributed by atoms with Crippen molar-refractivity contribution in [2.45, 2.75) is 12.0 Å². The van der Waals surface area contributed by atoms with Gasteiger partial charge in [0.15, 0.2) is 11.5 Å². The van der Waals surface area contributed by atoms with E-state index >= 15 is 0 Å². The molecule has 1 heterocycles. The average Bonchev–Trinajstić information content (AvgIpc) is 3.16. The molecular formula is C28H22O8. The van der Waals surface area contributed by atoms with Crippen molar-refractivity contribution in [1.29, 1.82) is 0 Å². The van der Waals surface area contributed by atoms with Gasteiger partial charge >= 0.3 is 0 Å². The largest absolute Gasteiger partial charge is 0.508 e. The molecular weight excluding hydrogens is 464 g/mol. The average molecular weight is 486 g/mol. The summed E-state index contributed by atoms with van der Waals surface area (Å²) in [6, 6.07) is 15.8. The molecule has 0 radical (unpaired) electrons. The van der Waals surface area contributed by atoms with Crippen LogP contribution in [0.3, 0.4) is 0 Å². The van der Waals surface area contributed by atoms with Crippen LogP contribution in [0.2, 0.25) is 0 Å². The van der Waals surface area contributed by atoms with Gasteiger partial charge in [0.05, 0.1) is 5.92 Å². The van der Waals surface area contributed by atoms with E-state index in [-0.39, 0.29) is 40.2 Å². The summed E-state index contributed by atoms with van der Waals surface area (Å²) >= 11 is 0. The van der Waals surface area contributed by atoms with Gasteiger partial charge in [-0.05, 0) is 59.2 Å². The molecule has 1 aliphatic heterocycles. The van der Waals surface area contributed by atoms with Crippen LogP contribution in [0.1, 0.15) is 39.8 Å². The van der Waals surface area contributed by atoms with Crippen molar-refractivity contribution in [3.63, 3.8) is 0 Å². The standard InChI is InChI=1S/C28H22O8/c29-18-5-14(6-19(30)11-18)1-2-15-9-22-26(13-24(15)34)36-28(16-3-4-23(33)25(35)10-16)27(22)17-7-20(31)12-21(32)8-17/h1-13,27-35H/b2-1+/t27-,28+/m0/s1. The lowest BCUT2D eigenvalue weighted by Crippen LogP contribution is -2.11. The first-order chi connectivity index (χ1) is 17.2. The summed E-state index contributed by atoms with van der Waals surface area (Å²) in [4.78, 5) is 0. The quantitative estimate of drug-likeness (QED) is 0.156. The third kappa shape index (κ3) is 4.27. The van der Waals surface area contributed by atoms with Crippen LogP contribution in [-0.4, -0.2) is 35.7 Å². The molecule has 4 aromatic rings. The monoisotopic (exact) mass is 486 g/mol. The number of hydrogen-bond acceptors (Lipinski definition) is 8. The SMILES string of the molecule is Oc1cc(O)cc(/C=C/c2cc3c(cc2O)O[C@H](c2ccc(O)c(O)c2)[C@H]3c2cc(O)cc(O)c2)c1. The van der Waals surface area contributed by atoms with Crippen LogP contribution in [0.5, 0.6) is 46.0 Å². The summed E-state index contributed by atoms with van der Waals surface area (Å²) in [5.41, 5.74) is 2.64. The molecule has 0 amide bonds. The lowest BCUT2D eigenvalue weighted by molar-refractivity contribution is 0.221. The predicted molar refractivity (Wildman–Crippen MR) is 132 cm³/mol. The number of benzene rings is 4. The highest BCUT2D eigenvalue weighted by Crippen LogP contribution is 2.52. The van der Waals surface area contributed by atoms with E-state index < -0.39 is 12.0 Å². The van der Waals surface area contributed by atoms with E-state index in [4.69, 9.17) is 4.74 Å². The fraction of sp³-hybridized carbons (Fsp3) is 0.0714. The number of rotatable bonds is 4. The summed E-state index contributed by atoms with van der Waals surface area (Å²) in [5, 5.41) is 70.2. The first-order valence-electron chi connectivity index (χ1n) is 11.0. The predicted octanol–water partition coefficient (Wildman–Crippen LogP) is 5.06. The van der Waals surface area contributed by atoms with E-state index in [0.717, 1.165) is 0 Å². The highest BCUT2D eigenvalue weighted by Gasteiger charge is 2.38. The fourth-order valence-electron chi connectivity index (χ4n) is 4.48. The Kier molecular flexibility index (Phi) is 5.49. The Balaban J connectivity index is 1.62. The minimum absolute atomic E-state index is 0.0823. The number of aromatic hydroxyl groups is 7. The van der Waals surface area contributed by atoms with Gasteiger partial charge in [-0.3, -0.25) is 0 Å². The minimum atomic E-state index is -0.714. The number of phenols is 7. The van der Waals surface area contributed by atoms with Crippen molar-refractivity contribution < 1.29 is 40.5 Å². The van der Waals surface area contributed by atoms with Crippen molar-refractivity contribution in [3.8, 4) is 46.0 Å². The second-order valence-electron chi connectivity index (χ2n) is 8.61. The van der Waals surface area contributed by atoms with Gasteiger partial charge in [-0.2, -0.15) is 0 Å². The molecule has 1 aliphatic rings. The smallest absolute Gasteiger partial charge is 0.157 e. The summed E-state index contributed by atoms with van der Waals surface area (Å²) in [7, 11) is 0. The van der Waals surface area contributed by atoms with Crippen LogP contribution in [0.4, 0.5) is 0 Å². The third-order valence-corrected chi connectivity index (χ3v) is 6.04.